The van der Waals surface area contributed by atoms with Gasteiger partial charge in [-0.25, -0.2) is 0 Å². The summed E-state index contributed by atoms with van der Waals surface area (Å²) >= 11 is 0. The zero-order valence-electron chi connectivity index (χ0n) is 10.8. The van der Waals surface area contributed by atoms with E-state index in [0.717, 1.165) is 5.92 Å². The average Bonchev–Trinajstić information content (AvgIpc) is 2.47. The standard InChI is InChI=1S/C7H9F3N2O2.C4H10/c8-7(9,10)3-12-2-1-5(6(12)14)11-4-13;1-4(2)3/h4-5H,1-3H2,(H,11,13);4H,1-3H3. The van der Waals surface area contributed by atoms with Crippen molar-refractivity contribution in [3.63, 3.8) is 0 Å². The SMILES string of the molecule is CC(C)C.O=CNC1CCN(CC(F)(F)F)C1=O. The van der Waals surface area contributed by atoms with Crippen LogP contribution in [0.4, 0.5) is 13.2 Å². The molecule has 106 valence electrons. The summed E-state index contributed by atoms with van der Waals surface area (Å²) in [5, 5.41) is 2.17. The highest BCUT2D eigenvalue weighted by atomic mass is 19.4. The smallest absolute Gasteiger partial charge is 0.347 e. The summed E-state index contributed by atoms with van der Waals surface area (Å²) in [7, 11) is 0. The van der Waals surface area contributed by atoms with E-state index in [4.69, 9.17) is 0 Å². The molecule has 0 spiro atoms. The highest BCUT2D eigenvalue weighted by Crippen LogP contribution is 2.20. The van der Waals surface area contributed by atoms with Gasteiger partial charge in [-0.3, -0.25) is 9.59 Å². The number of amides is 2. The summed E-state index contributed by atoms with van der Waals surface area (Å²) in [6.45, 7) is 5.28. The van der Waals surface area contributed by atoms with E-state index in [1.54, 1.807) is 0 Å². The zero-order valence-corrected chi connectivity index (χ0v) is 10.8. The fourth-order valence-corrected chi connectivity index (χ4v) is 1.35. The lowest BCUT2D eigenvalue weighted by molar-refractivity contribution is -0.158. The Morgan fingerprint density at radius 2 is 1.94 bits per heavy atom. The Hall–Kier alpha value is -1.27. The van der Waals surface area contributed by atoms with Crippen molar-refractivity contribution < 1.29 is 22.8 Å². The second-order valence-corrected chi connectivity index (χ2v) is 4.73. The number of nitrogens with one attached hydrogen (secondary N) is 1. The van der Waals surface area contributed by atoms with Gasteiger partial charge in [-0.1, -0.05) is 20.8 Å². The van der Waals surface area contributed by atoms with Crippen molar-refractivity contribution in [2.24, 2.45) is 5.92 Å². The maximum atomic E-state index is 11.9. The van der Waals surface area contributed by atoms with Gasteiger partial charge in [-0.15, -0.1) is 0 Å². The Morgan fingerprint density at radius 3 is 2.33 bits per heavy atom. The van der Waals surface area contributed by atoms with Gasteiger partial charge in [0.15, 0.2) is 0 Å². The van der Waals surface area contributed by atoms with Crippen LogP contribution in [-0.2, 0) is 9.59 Å². The summed E-state index contributed by atoms with van der Waals surface area (Å²) in [5.41, 5.74) is 0. The van der Waals surface area contributed by atoms with Crippen molar-refractivity contribution in [1.29, 1.82) is 0 Å². The number of alkyl halides is 3. The monoisotopic (exact) mass is 268 g/mol. The van der Waals surface area contributed by atoms with E-state index in [-0.39, 0.29) is 13.0 Å². The van der Waals surface area contributed by atoms with Crippen LogP contribution in [0.15, 0.2) is 0 Å². The van der Waals surface area contributed by atoms with Crippen LogP contribution in [0.1, 0.15) is 27.2 Å². The highest BCUT2D eigenvalue weighted by molar-refractivity contribution is 5.85. The van der Waals surface area contributed by atoms with Gasteiger partial charge in [0.05, 0.1) is 0 Å². The van der Waals surface area contributed by atoms with E-state index < -0.39 is 24.7 Å². The predicted octanol–water partition coefficient (Wildman–Crippen LogP) is 1.56. The predicted molar refractivity (Wildman–Crippen MR) is 60.8 cm³/mol. The molecule has 0 aromatic heterocycles. The lowest BCUT2D eigenvalue weighted by Crippen LogP contribution is -2.41. The van der Waals surface area contributed by atoms with Crippen LogP contribution in [0, 0.1) is 5.92 Å². The number of halogens is 3. The van der Waals surface area contributed by atoms with Crippen LogP contribution < -0.4 is 5.32 Å². The molecule has 0 aromatic rings. The van der Waals surface area contributed by atoms with Crippen molar-refractivity contribution >= 4 is 12.3 Å². The Morgan fingerprint density at radius 1 is 1.44 bits per heavy atom. The summed E-state index contributed by atoms with van der Waals surface area (Å²) in [6, 6.07) is -0.796. The molecule has 0 aromatic carbocycles. The number of hydrogen-bond acceptors (Lipinski definition) is 2. The summed E-state index contributed by atoms with van der Waals surface area (Å²) in [4.78, 5) is 21.9. The first-order valence-corrected chi connectivity index (χ1v) is 5.72. The molecule has 1 atom stereocenters. The van der Waals surface area contributed by atoms with Gasteiger partial charge in [-0.05, 0) is 12.3 Å². The van der Waals surface area contributed by atoms with E-state index in [1.807, 2.05) is 0 Å². The molecule has 0 saturated carbocycles. The molecule has 0 aliphatic carbocycles. The van der Waals surface area contributed by atoms with Gasteiger partial charge in [0.1, 0.15) is 12.6 Å². The van der Waals surface area contributed by atoms with E-state index in [2.05, 4.69) is 26.1 Å². The topological polar surface area (TPSA) is 49.4 Å². The number of carbonyl (C=O) groups is 2. The first-order chi connectivity index (χ1) is 8.17. The first kappa shape index (κ1) is 16.7. The second kappa shape index (κ2) is 7.23. The third-order valence-corrected chi connectivity index (χ3v) is 1.94. The molecule has 1 N–H and O–H groups in total. The molecule has 4 nitrogen and oxygen atoms in total. The minimum atomic E-state index is -4.38. The molecule has 1 aliphatic rings. The largest absolute Gasteiger partial charge is 0.406 e. The Balaban J connectivity index is 0.000000631. The van der Waals surface area contributed by atoms with Crippen LogP contribution >= 0.6 is 0 Å². The zero-order chi connectivity index (χ0) is 14.3. The van der Waals surface area contributed by atoms with Crippen molar-refractivity contribution in [2.75, 3.05) is 13.1 Å². The van der Waals surface area contributed by atoms with Gasteiger partial charge < -0.3 is 10.2 Å². The van der Waals surface area contributed by atoms with Gasteiger partial charge >= 0.3 is 6.18 Å². The van der Waals surface area contributed by atoms with Crippen LogP contribution in [0.2, 0.25) is 0 Å². The van der Waals surface area contributed by atoms with Crippen LogP contribution in [0.3, 0.4) is 0 Å². The fraction of sp³-hybridized carbons (Fsp3) is 0.818. The molecule has 18 heavy (non-hydrogen) atoms. The van der Waals surface area contributed by atoms with Crippen molar-refractivity contribution in [3.05, 3.63) is 0 Å². The number of nitrogens with zero attached hydrogens (tertiary/aromatic N) is 1. The highest BCUT2D eigenvalue weighted by Gasteiger charge is 2.38. The molecular formula is C11H19F3N2O2. The van der Waals surface area contributed by atoms with E-state index in [9.17, 15) is 22.8 Å². The Bertz CT molecular complexity index is 277. The molecule has 1 rings (SSSR count). The Labute approximate surface area is 105 Å². The molecule has 1 fully saturated rings. The number of carbonyl (C=O) groups excluding carboxylic acids is 2. The van der Waals surface area contributed by atoms with E-state index in [0.29, 0.717) is 11.3 Å². The van der Waals surface area contributed by atoms with E-state index in [1.165, 1.54) is 0 Å². The lowest BCUT2D eigenvalue weighted by Gasteiger charge is -2.18. The molecule has 1 saturated heterocycles. The molecule has 7 heteroatoms. The lowest BCUT2D eigenvalue weighted by atomic mass is 10.3. The van der Waals surface area contributed by atoms with Gasteiger partial charge in [-0.2, -0.15) is 13.2 Å². The normalized spacial score (nSPS) is 19.6. The maximum Gasteiger partial charge on any atom is 0.406 e. The minimum absolute atomic E-state index is 0.0316. The van der Waals surface area contributed by atoms with Crippen molar-refractivity contribution in [1.82, 2.24) is 10.2 Å². The summed E-state index contributed by atoms with van der Waals surface area (Å²) in [5.74, 6) is 0.162. The van der Waals surface area contributed by atoms with Crippen molar-refractivity contribution in [2.45, 2.75) is 39.4 Å². The van der Waals surface area contributed by atoms with Crippen LogP contribution in [-0.4, -0.2) is 42.5 Å². The van der Waals surface area contributed by atoms with Crippen LogP contribution in [0.25, 0.3) is 0 Å². The number of likely N-dealkylation sites (tertiary alicyclic amines) is 1. The van der Waals surface area contributed by atoms with Gasteiger partial charge in [0, 0.05) is 6.54 Å². The second-order valence-electron chi connectivity index (χ2n) is 4.73. The third-order valence-electron chi connectivity index (χ3n) is 1.94. The van der Waals surface area contributed by atoms with Crippen LogP contribution in [0.5, 0.6) is 0 Å². The number of rotatable bonds is 3. The number of hydrogen-bond donors (Lipinski definition) is 1. The van der Waals surface area contributed by atoms with Crippen molar-refractivity contribution in [3.8, 4) is 0 Å². The average molecular weight is 268 g/mol. The molecule has 2 amide bonds. The molecule has 0 radical (unpaired) electrons. The fourth-order valence-electron chi connectivity index (χ4n) is 1.35. The summed E-state index contributed by atoms with van der Waals surface area (Å²) < 4.78 is 35.7. The minimum Gasteiger partial charge on any atom is -0.347 e. The quantitative estimate of drug-likeness (QED) is 0.790. The third kappa shape index (κ3) is 7.13. The van der Waals surface area contributed by atoms with E-state index >= 15 is 0 Å². The molecular weight excluding hydrogens is 249 g/mol. The molecule has 0 bridgehead atoms. The molecule has 1 heterocycles. The molecule has 1 unspecified atom stereocenters. The Kier molecular flexibility index (Phi) is 6.72. The molecule has 1 aliphatic heterocycles. The first-order valence-electron chi connectivity index (χ1n) is 5.72. The summed E-state index contributed by atoms with van der Waals surface area (Å²) in [6.07, 6.45) is -3.83. The van der Waals surface area contributed by atoms with Gasteiger partial charge in [0.25, 0.3) is 0 Å². The van der Waals surface area contributed by atoms with Gasteiger partial charge in [0.2, 0.25) is 12.3 Å². The maximum absolute atomic E-state index is 11.9.